The van der Waals surface area contributed by atoms with Crippen molar-refractivity contribution in [2.75, 3.05) is 205 Å². The second-order valence-electron chi connectivity index (χ2n) is 22.4. The molecule has 0 bridgehead atoms. The van der Waals surface area contributed by atoms with E-state index in [2.05, 4.69) is 217 Å². The number of hydrogen-bond acceptors (Lipinski definition) is 12. The first kappa shape index (κ1) is 106. The Kier molecular flexibility index (Phi) is 91.0. The lowest BCUT2D eigenvalue weighted by atomic mass is 9.97. The maximum absolute atomic E-state index is 8.98. The maximum Gasteiger partial charge on any atom is 0.0560 e. The molecule has 0 aromatic carbocycles. The molecule has 76 heavy (non-hydrogen) atoms. The molecule has 0 atom stereocenters. The van der Waals surface area contributed by atoms with Crippen molar-refractivity contribution < 1.29 is 40.2 Å². The zero-order chi connectivity index (χ0) is 64.5. The van der Waals surface area contributed by atoms with E-state index >= 15 is 0 Å². The highest BCUT2D eigenvalue weighted by molar-refractivity contribution is 7.76. The lowest BCUT2D eigenvalue weighted by molar-refractivity contribution is -0.342. The van der Waals surface area contributed by atoms with Crippen LogP contribution < -0.4 is 40.2 Å². The molecular weight excluding hydrogens is 1100 g/mol. The van der Waals surface area contributed by atoms with Gasteiger partial charge >= 0.3 is 0 Å². The minimum atomic E-state index is -2.31. The minimum absolute atomic E-state index is 0.404. The van der Waals surface area contributed by atoms with Crippen LogP contribution >= 0.6 is 58.1 Å². The summed E-state index contributed by atoms with van der Waals surface area (Å²) >= 11 is 0. The maximum atomic E-state index is 8.98. The molecule has 0 aromatic rings. The third-order valence-corrected chi connectivity index (χ3v) is 41.5. The standard InChI is InChI=1S/8C6H16P.4CBNO2/c8*1-5-7(3,4)6-2;4*3-1-2(4)5/h8*5-6H2,1-4H3;;;;/q8*+1;4*-2. The lowest BCUT2D eigenvalue weighted by Crippen LogP contribution is -2.43. The van der Waals surface area contributed by atoms with E-state index in [1.165, 1.54) is 98.6 Å². The van der Waals surface area contributed by atoms with Crippen LogP contribution in [0.4, 0.5) is 0 Å². The van der Waals surface area contributed by atoms with Gasteiger partial charge in [0, 0.05) is 193 Å². The molecule has 0 N–H and O–H groups in total. The van der Waals surface area contributed by atoms with E-state index in [-0.39, 0.29) is 0 Å². The Bertz CT molecular complexity index is 1050. The van der Waals surface area contributed by atoms with Crippen molar-refractivity contribution in [3.63, 3.8) is 0 Å². The summed E-state index contributed by atoms with van der Waals surface area (Å²) in [6.45, 7) is 75.2. The van der Waals surface area contributed by atoms with Crippen LogP contribution in [0.2, 0.25) is 0 Å². The van der Waals surface area contributed by atoms with Crippen LogP contribution in [0.25, 0.3) is 0 Å². The van der Waals surface area contributed by atoms with Gasteiger partial charge in [-0.15, -0.1) is 0 Å². The molecule has 24 heteroatoms. The monoisotopic (exact) mass is 1230 g/mol. The normalized spacial score (nSPS) is 10.4. The van der Waals surface area contributed by atoms with Gasteiger partial charge in [-0.2, -0.15) is 0 Å². The highest BCUT2D eigenvalue weighted by Crippen LogP contribution is 2.53. The molecular formula is C52H128B4N4O8P8. The molecule has 456 valence electrons. The molecule has 0 aromatic heterocycles. The summed E-state index contributed by atoms with van der Waals surface area (Å²) in [5, 5.41) is 101. The van der Waals surface area contributed by atoms with Crippen LogP contribution in [-0.2, 0) is 0 Å². The van der Waals surface area contributed by atoms with Crippen molar-refractivity contribution in [1.29, 1.82) is 21.0 Å². The summed E-state index contributed by atoms with van der Waals surface area (Å²) in [5.41, 5.74) is 0. The van der Waals surface area contributed by atoms with Crippen molar-refractivity contribution in [2.24, 2.45) is 0 Å². The molecule has 0 heterocycles. The number of nitriles is 4. The summed E-state index contributed by atoms with van der Waals surface area (Å²) in [6, 6.07) is 0. The minimum Gasteiger partial charge on any atom is -0.881 e. The Labute approximate surface area is 485 Å². The largest absolute Gasteiger partial charge is 0.881 e. The van der Waals surface area contributed by atoms with Gasteiger partial charge in [0.15, 0.2) is 0 Å². The Balaban J connectivity index is -0.0000000589. The third kappa shape index (κ3) is 127. The van der Waals surface area contributed by atoms with Crippen LogP contribution in [0.15, 0.2) is 0 Å². The summed E-state index contributed by atoms with van der Waals surface area (Å²) in [6.07, 6.45) is 22.5. The molecule has 0 spiro atoms. The van der Waals surface area contributed by atoms with Crippen molar-refractivity contribution in [2.45, 2.75) is 111 Å². The number of rotatable bonds is 16. The van der Waals surface area contributed by atoms with E-state index in [9.17, 15) is 0 Å². The van der Waals surface area contributed by atoms with Gasteiger partial charge in [0.05, 0.1) is 98.6 Å². The van der Waals surface area contributed by atoms with Crippen LogP contribution in [0.3, 0.4) is 0 Å². The average Bonchev–Trinajstić information content (AvgIpc) is 3.40. The summed E-state index contributed by atoms with van der Waals surface area (Å²) in [4.78, 5) is 0. The van der Waals surface area contributed by atoms with Gasteiger partial charge in [0.25, 0.3) is 0 Å². The first-order chi connectivity index (χ1) is 34.1. The third-order valence-electron chi connectivity index (χ3n) is 14.1. The van der Waals surface area contributed by atoms with Gasteiger partial charge in [-0.1, -0.05) is 0 Å². The highest BCUT2D eigenvalue weighted by Gasteiger charge is 2.21. The van der Waals surface area contributed by atoms with E-state index in [4.69, 9.17) is 61.2 Å². The second-order valence-corrected chi connectivity index (χ2v) is 63.5. The van der Waals surface area contributed by atoms with Gasteiger partial charge in [-0.3, -0.25) is 0 Å². The number of hydrogen-bond donors (Lipinski definition) is 0. The van der Waals surface area contributed by atoms with Crippen LogP contribution in [-0.4, -0.2) is 234 Å². The Morgan fingerprint density at radius 3 is 0.237 bits per heavy atom. The second kappa shape index (κ2) is 65.5. The van der Waals surface area contributed by atoms with Crippen LogP contribution in [0.5, 0.6) is 0 Å². The molecule has 0 aliphatic heterocycles. The Hall–Kier alpha value is 1.34. The Morgan fingerprint density at radius 1 is 0.197 bits per heavy atom. The first-order valence-electron chi connectivity index (χ1n) is 27.5. The van der Waals surface area contributed by atoms with E-state index in [1.54, 1.807) is 0 Å². The lowest BCUT2D eigenvalue weighted by Gasteiger charge is -2.12. The predicted octanol–water partition coefficient (Wildman–Crippen LogP) is 7.46. The van der Waals surface area contributed by atoms with Gasteiger partial charge in [0.1, 0.15) is 0 Å². The fourth-order valence-corrected chi connectivity index (χ4v) is 5.37. The molecule has 0 aliphatic carbocycles. The molecule has 0 rings (SSSR count). The van der Waals surface area contributed by atoms with Crippen LogP contribution in [0, 0.1) is 44.9 Å². The molecule has 0 saturated heterocycles. The molecule has 0 saturated carbocycles. The highest BCUT2D eigenvalue weighted by atomic mass is 31.2. The van der Waals surface area contributed by atoms with E-state index in [1.807, 2.05) is 0 Å². The summed E-state index contributed by atoms with van der Waals surface area (Å²) < 4.78 is 0. The molecule has 0 unspecified atom stereocenters. The fourth-order valence-electron chi connectivity index (χ4n) is 1.79. The SMILES string of the molecule is CC[P+](C)(C)CC.CC[P+](C)(C)CC.CC[P+](C)(C)CC.CC[P+](C)(C)CC.CC[P+](C)(C)CC.CC[P+](C)(C)CC.CC[P+](C)(C)CC.CC[P+](C)(C)CC.N#CB([O-])[O-].N#CB([O-])[O-].N#CB([O-])[O-].N#CB([O-])[O-]. The summed E-state index contributed by atoms with van der Waals surface area (Å²) in [7, 11) is -12.5. The van der Waals surface area contributed by atoms with Crippen LogP contribution in [0.1, 0.15) is 111 Å². The molecule has 0 aliphatic rings. The van der Waals surface area contributed by atoms with Crippen molar-refractivity contribution in [3.8, 4) is 23.9 Å². The fraction of sp³-hybridized carbons (Fsp3) is 0.923. The zero-order valence-corrected chi connectivity index (χ0v) is 63.4. The number of nitrogens with zero attached hydrogens (tertiary/aromatic N) is 4. The van der Waals surface area contributed by atoms with E-state index in [0.29, 0.717) is 0 Å². The van der Waals surface area contributed by atoms with Crippen molar-refractivity contribution in [3.05, 3.63) is 0 Å². The van der Waals surface area contributed by atoms with E-state index < -0.39 is 86.6 Å². The van der Waals surface area contributed by atoms with Gasteiger partial charge in [-0.05, 0) is 135 Å². The van der Waals surface area contributed by atoms with Gasteiger partial charge in [0.2, 0.25) is 0 Å². The van der Waals surface area contributed by atoms with Crippen molar-refractivity contribution >= 4 is 86.6 Å². The molecule has 12 nitrogen and oxygen atoms in total. The molecule has 0 amide bonds. The molecule has 0 radical (unpaired) electrons. The summed E-state index contributed by atoms with van der Waals surface area (Å²) in [5.74, 6) is 3.67. The van der Waals surface area contributed by atoms with E-state index in [0.717, 1.165) is 23.9 Å². The van der Waals surface area contributed by atoms with Gasteiger partial charge < -0.3 is 40.2 Å². The smallest absolute Gasteiger partial charge is 0.0560 e. The topological polar surface area (TPSA) is 280 Å². The first-order valence-corrected chi connectivity index (χ1v) is 51.9. The van der Waals surface area contributed by atoms with Gasteiger partial charge in [-0.25, -0.2) is 21.0 Å². The zero-order valence-electron chi connectivity index (χ0n) is 56.3. The quantitative estimate of drug-likeness (QED) is 0.108. The average molecular weight is 1230 g/mol. The Morgan fingerprint density at radius 2 is 0.237 bits per heavy atom. The predicted molar refractivity (Wildman–Crippen MR) is 364 cm³/mol. The molecule has 0 fully saturated rings. The van der Waals surface area contributed by atoms with Crippen molar-refractivity contribution in [1.82, 2.24) is 0 Å².